The topological polar surface area (TPSA) is 55.8 Å². The molecule has 3 rings (SSSR count). The average Bonchev–Trinajstić information content (AvgIpc) is 2.47. The summed E-state index contributed by atoms with van der Waals surface area (Å²) in [6.07, 6.45) is -0.408. The summed E-state index contributed by atoms with van der Waals surface area (Å²) in [5.41, 5.74) is 0.917. The number of fused-ring (bicyclic) bond motifs is 1. The Morgan fingerprint density at radius 3 is 2.81 bits per heavy atom. The highest BCUT2D eigenvalue weighted by atomic mass is 19.1. The van der Waals surface area contributed by atoms with Crippen molar-refractivity contribution in [2.45, 2.75) is 12.5 Å². The number of Topliss-reactive ketones (excluding diaryl/α,β-unsaturated/α-hetero) is 1. The highest BCUT2D eigenvalue weighted by Crippen LogP contribution is 2.37. The largest absolute Gasteiger partial charge is 0.504 e. The van der Waals surface area contributed by atoms with Crippen molar-refractivity contribution in [2.75, 3.05) is 7.11 Å². The molecule has 0 fully saturated rings. The predicted octanol–water partition coefficient (Wildman–Crippen LogP) is 3.25. The first-order chi connectivity index (χ1) is 10.1. The second kappa shape index (κ2) is 5.09. The van der Waals surface area contributed by atoms with E-state index in [2.05, 4.69) is 0 Å². The Bertz CT molecular complexity index is 711. The van der Waals surface area contributed by atoms with Crippen molar-refractivity contribution in [3.05, 3.63) is 53.3 Å². The van der Waals surface area contributed by atoms with Crippen LogP contribution < -0.4 is 9.47 Å². The quantitative estimate of drug-likeness (QED) is 0.921. The third kappa shape index (κ3) is 2.42. The normalized spacial score (nSPS) is 17.0. The van der Waals surface area contributed by atoms with E-state index in [9.17, 15) is 14.3 Å². The molecule has 1 aliphatic rings. The minimum absolute atomic E-state index is 0.0176. The molecule has 0 radical (unpaired) electrons. The fourth-order valence-corrected chi connectivity index (χ4v) is 2.39. The van der Waals surface area contributed by atoms with Gasteiger partial charge in [0.15, 0.2) is 17.3 Å². The monoisotopic (exact) mass is 288 g/mol. The van der Waals surface area contributed by atoms with Crippen LogP contribution in [-0.4, -0.2) is 18.0 Å². The maximum absolute atomic E-state index is 13.2. The van der Waals surface area contributed by atoms with Gasteiger partial charge in [0.2, 0.25) is 0 Å². The second-order valence-corrected chi connectivity index (χ2v) is 4.81. The summed E-state index contributed by atoms with van der Waals surface area (Å²) in [7, 11) is 1.46. The van der Waals surface area contributed by atoms with Gasteiger partial charge < -0.3 is 14.6 Å². The van der Waals surface area contributed by atoms with E-state index >= 15 is 0 Å². The van der Waals surface area contributed by atoms with Crippen LogP contribution in [0.5, 0.6) is 17.2 Å². The summed E-state index contributed by atoms with van der Waals surface area (Å²) in [5, 5.41) is 9.80. The Labute approximate surface area is 120 Å². The first-order valence-corrected chi connectivity index (χ1v) is 6.45. The molecular formula is C16H13FO4. The summed E-state index contributed by atoms with van der Waals surface area (Å²) < 4.78 is 23.9. The number of carbonyl (C=O) groups excluding carboxylic acids is 1. The van der Waals surface area contributed by atoms with Gasteiger partial charge >= 0.3 is 0 Å². The molecule has 0 amide bonds. The van der Waals surface area contributed by atoms with Crippen molar-refractivity contribution >= 4 is 5.78 Å². The molecule has 1 unspecified atom stereocenters. The first kappa shape index (κ1) is 13.4. The van der Waals surface area contributed by atoms with Gasteiger partial charge in [-0.25, -0.2) is 4.39 Å². The molecule has 21 heavy (non-hydrogen) atoms. The summed E-state index contributed by atoms with van der Waals surface area (Å²) in [4.78, 5) is 12.1. The van der Waals surface area contributed by atoms with Gasteiger partial charge in [0.05, 0.1) is 19.1 Å². The lowest BCUT2D eigenvalue weighted by Gasteiger charge is -2.25. The fraction of sp³-hybridized carbons (Fsp3) is 0.188. The molecule has 0 bridgehead atoms. The zero-order valence-corrected chi connectivity index (χ0v) is 11.3. The highest BCUT2D eigenvalue weighted by molar-refractivity contribution is 6.00. The minimum Gasteiger partial charge on any atom is -0.504 e. The molecule has 2 aromatic rings. The molecule has 2 aromatic carbocycles. The number of carbonyl (C=O) groups is 1. The highest BCUT2D eigenvalue weighted by Gasteiger charge is 2.28. The molecule has 0 aromatic heterocycles. The number of ether oxygens (including phenoxy) is 2. The maximum atomic E-state index is 13.2. The molecule has 1 atom stereocenters. The van der Waals surface area contributed by atoms with Crippen molar-refractivity contribution in [1.29, 1.82) is 0 Å². The number of aromatic hydroxyl groups is 1. The van der Waals surface area contributed by atoms with E-state index in [1.165, 1.54) is 31.4 Å². The van der Waals surface area contributed by atoms with Gasteiger partial charge in [0.1, 0.15) is 17.7 Å². The average molecular weight is 288 g/mol. The van der Waals surface area contributed by atoms with Crippen LogP contribution in [0.3, 0.4) is 0 Å². The zero-order chi connectivity index (χ0) is 15.0. The lowest BCUT2D eigenvalue weighted by atomic mass is 9.96. The van der Waals surface area contributed by atoms with Crippen LogP contribution in [0, 0.1) is 5.82 Å². The van der Waals surface area contributed by atoms with Crippen LogP contribution >= 0.6 is 0 Å². The number of phenolic OH excluding ortho intramolecular Hbond substituents is 1. The first-order valence-electron chi connectivity index (χ1n) is 6.45. The zero-order valence-electron chi connectivity index (χ0n) is 11.3. The molecule has 108 valence electrons. The number of phenols is 1. The molecule has 5 heteroatoms. The van der Waals surface area contributed by atoms with E-state index in [4.69, 9.17) is 9.47 Å². The van der Waals surface area contributed by atoms with Crippen molar-refractivity contribution in [3.8, 4) is 17.2 Å². The van der Waals surface area contributed by atoms with Crippen molar-refractivity contribution in [2.24, 2.45) is 0 Å². The fourth-order valence-electron chi connectivity index (χ4n) is 2.39. The predicted molar refractivity (Wildman–Crippen MR) is 73.4 cm³/mol. The molecule has 0 spiro atoms. The molecule has 1 N–H and O–H groups in total. The second-order valence-electron chi connectivity index (χ2n) is 4.81. The van der Waals surface area contributed by atoms with Gasteiger partial charge in [0, 0.05) is 0 Å². The lowest BCUT2D eigenvalue weighted by molar-refractivity contribution is 0.0848. The van der Waals surface area contributed by atoms with Crippen LogP contribution in [0.15, 0.2) is 36.4 Å². The third-order valence-electron chi connectivity index (χ3n) is 3.46. The molecule has 1 aliphatic heterocycles. The Kier molecular flexibility index (Phi) is 3.25. The molecule has 1 heterocycles. The van der Waals surface area contributed by atoms with Crippen LogP contribution in [0.2, 0.25) is 0 Å². The van der Waals surface area contributed by atoms with Gasteiger partial charge in [-0.1, -0.05) is 6.07 Å². The van der Waals surface area contributed by atoms with E-state index in [1.54, 1.807) is 12.1 Å². The van der Waals surface area contributed by atoms with Gasteiger partial charge in [-0.15, -0.1) is 0 Å². The minimum atomic E-state index is -0.507. The summed E-state index contributed by atoms with van der Waals surface area (Å²) in [6.45, 7) is 0. The van der Waals surface area contributed by atoms with Crippen molar-refractivity contribution in [3.63, 3.8) is 0 Å². The SMILES string of the molecule is COc1ccc(C2CC(=O)c3cc(F)ccc3O2)cc1O. The number of methoxy groups -OCH3 is 1. The van der Waals surface area contributed by atoms with Crippen molar-refractivity contribution < 1.29 is 23.8 Å². The van der Waals surface area contributed by atoms with Gasteiger partial charge in [0.25, 0.3) is 0 Å². The summed E-state index contributed by atoms with van der Waals surface area (Å²) >= 11 is 0. The molecule has 0 saturated heterocycles. The number of rotatable bonds is 2. The number of ketones is 1. The molecule has 4 nitrogen and oxygen atoms in total. The Hall–Kier alpha value is -2.56. The third-order valence-corrected chi connectivity index (χ3v) is 3.46. The van der Waals surface area contributed by atoms with Crippen LogP contribution in [-0.2, 0) is 0 Å². The van der Waals surface area contributed by atoms with Crippen LogP contribution in [0.25, 0.3) is 0 Å². The van der Waals surface area contributed by atoms with Gasteiger partial charge in [-0.3, -0.25) is 4.79 Å². The Morgan fingerprint density at radius 1 is 1.29 bits per heavy atom. The summed E-state index contributed by atoms with van der Waals surface area (Å²) in [6, 6.07) is 8.71. The van der Waals surface area contributed by atoms with E-state index in [-0.39, 0.29) is 23.5 Å². The Balaban J connectivity index is 1.94. The smallest absolute Gasteiger partial charge is 0.170 e. The van der Waals surface area contributed by atoms with Gasteiger partial charge in [-0.05, 0) is 35.9 Å². The number of benzene rings is 2. The number of halogens is 1. The number of hydrogen-bond donors (Lipinski definition) is 1. The molecule has 0 aliphatic carbocycles. The van der Waals surface area contributed by atoms with E-state index < -0.39 is 11.9 Å². The molecular weight excluding hydrogens is 275 g/mol. The Morgan fingerprint density at radius 2 is 2.10 bits per heavy atom. The maximum Gasteiger partial charge on any atom is 0.170 e. The van der Waals surface area contributed by atoms with E-state index in [0.29, 0.717) is 17.1 Å². The van der Waals surface area contributed by atoms with Crippen LogP contribution in [0.4, 0.5) is 4.39 Å². The van der Waals surface area contributed by atoms with Gasteiger partial charge in [-0.2, -0.15) is 0 Å². The van der Waals surface area contributed by atoms with Crippen LogP contribution in [0.1, 0.15) is 28.4 Å². The lowest BCUT2D eigenvalue weighted by Crippen LogP contribution is -2.20. The van der Waals surface area contributed by atoms with E-state index in [1.807, 2.05) is 0 Å². The molecule has 0 saturated carbocycles. The summed E-state index contributed by atoms with van der Waals surface area (Å²) in [5.74, 6) is 0.0366. The van der Waals surface area contributed by atoms with Crippen molar-refractivity contribution in [1.82, 2.24) is 0 Å². The van der Waals surface area contributed by atoms with E-state index in [0.717, 1.165) is 0 Å². The number of hydrogen-bond acceptors (Lipinski definition) is 4. The standard InChI is InChI=1S/C16H13FO4/c1-20-15-4-2-9(6-13(15)19)16-8-12(18)11-7-10(17)3-5-14(11)21-16/h2-7,16,19H,8H2,1H3.